The third-order valence-electron chi connectivity index (χ3n) is 2.79. The van der Waals surface area contributed by atoms with Crippen molar-refractivity contribution >= 4 is 28.6 Å². The largest absolute Gasteiger partial charge is 0.389 e. The van der Waals surface area contributed by atoms with E-state index in [1.165, 1.54) is 18.2 Å². The number of hydrogen-bond donors (Lipinski definition) is 2. The summed E-state index contributed by atoms with van der Waals surface area (Å²) in [6, 6.07) is 8.98. The van der Waals surface area contributed by atoms with E-state index in [1.54, 1.807) is 25.1 Å². The van der Waals surface area contributed by atoms with Gasteiger partial charge in [-0.3, -0.25) is 0 Å². The van der Waals surface area contributed by atoms with Gasteiger partial charge >= 0.3 is 0 Å². The van der Waals surface area contributed by atoms with Gasteiger partial charge in [0.05, 0.1) is 5.69 Å². The topological polar surface area (TPSA) is 38.0 Å². The zero-order valence-corrected chi connectivity index (χ0v) is 11.0. The van der Waals surface area contributed by atoms with Gasteiger partial charge in [-0.25, -0.2) is 8.78 Å². The molecular weight excluding hydrogens is 266 g/mol. The molecule has 0 heterocycles. The Morgan fingerprint density at radius 2 is 1.84 bits per heavy atom. The Morgan fingerprint density at radius 1 is 1.11 bits per heavy atom. The van der Waals surface area contributed by atoms with Crippen molar-refractivity contribution in [2.45, 2.75) is 6.92 Å². The van der Waals surface area contributed by atoms with Crippen LogP contribution in [0.5, 0.6) is 0 Å². The van der Waals surface area contributed by atoms with Crippen molar-refractivity contribution in [3.8, 4) is 0 Å². The second-order valence-corrected chi connectivity index (χ2v) is 4.54. The van der Waals surface area contributed by atoms with Crippen LogP contribution in [0.2, 0.25) is 0 Å². The normalized spacial score (nSPS) is 10.3. The molecule has 2 aromatic carbocycles. The monoisotopic (exact) mass is 278 g/mol. The van der Waals surface area contributed by atoms with Crippen LogP contribution in [0.15, 0.2) is 36.4 Å². The fraction of sp³-hybridized carbons (Fsp3) is 0.0714. The fourth-order valence-corrected chi connectivity index (χ4v) is 1.78. The van der Waals surface area contributed by atoms with Crippen molar-refractivity contribution in [3.63, 3.8) is 0 Å². The number of halogens is 2. The molecule has 0 atom stereocenters. The van der Waals surface area contributed by atoms with E-state index in [2.05, 4.69) is 5.32 Å². The first-order valence-corrected chi connectivity index (χ1v) is 6.01. The second kappa shape index (κ2) is 5.32. The van der Waals surface area contributed by atoms with Crippen LogP contribution in [0.4, 0.5) is 20.2 Å². The number of nitrogens with one attached hydrogen (secondary N) is 1. The third-order valence-corrected chi connectivity index (χ3v) is 3.03. The standard InChI is InChI=1S/C14H12F2N2S/c1-8-10(15)3-2-4-12(8)18-13-6-5-9(14(17)19)7-11(13)16/h2-7,18H,1H3,(H2,17,19). The number of anilines is 2. The quantitative estimate of drug-likeness (QED) is 0.842. The van der Waals surface area contributed by atoms with Gasteiger partial charge in [-0.15, -0.1) is 0 Å². The first kappa shape index (κ1) is 13.4. The number of nitrogens with two attached hydrogens (primary N) is 1. The molecule has 0 aliphatic heterocycles. The summed E-state index contributed by atoms with van der Waals surface area (Å²) in [6.45, 7) is 1.62. The minimum absolute atomic E-state index is 0.132. The molecule has 0 saturated heterocycles. The average Bonchev–Trinajstić information content (AvgIpc) is 2.37. The van der Waals surface area contributed by atoms with E-state index in [4.69, 9.17) is 18.0 Å². The predicted molar refractivity (Wildman–Crippen MR) is 76.7 cm³/mol. The highest BCUT2D eigenvalue weighted by molar-refractivity contribution is 7.80. The highest BCUT2D eigenvalue weighted by Crippen LogP contribution is 2.24. The van der Waals surface area contributed by atoms with Gasteiger partial charge in [-0.1, -0.05) is 18.3 Å². The molecule has 5 heteroatoms. The van der Waals surface area contributed by atoms with E-state index in [0.29, 0.717) is 16.8 Å². The molecule has 0 saturated carbocycles. The molecule has 0 amide bonds. The second-order valence-electron chi connectivity index (χ2n) is 4.10. The van der Waals surface area contributed by atoms with Gasteiger partial charge < -0.3 is 11.1 Å². The molecule has 98 valence electrons. The van der Waals surface area contributed by atoms with Gasteiger partial charge in [0.1, 0.15) is 16.6 Å². The lowest BCUT2D eigenvalue weighted by Crippen LogP contribution is -2.10. The molecular formula is C14H12F2N2S. The summed E-state index contributed by atoms with van der Waals surface area (Å²) in [5, 5.41) is 2.85. The van der Waals surface area contributed by atoms with Crippen molar-refractivity contribution in [2.24, 2.45) is 5.73 Å². The van der Waals surface area contributed by atoms with Crippen molar-refractivity contribution in [3.05, 3.63) is 59.2 Å². The van der Waals surface area contributed by atoms with Gasteiger partial charge in [0.2, 0.25) is 0 Å². The van der Waals surface area contributed by atoms with E-state index in [9.17, 15) is 8.78 Å². The zero-order valence-electron chi connectivity index (χ0n) is 10.2. The first-order chi connectivity index (χ1) is 8.99. The summed E-state index contributed by atoms with van der Waals surface area (Å²) in [4.78, 5) is 0.132. The molecule has 3 N–H and O–H groups in total. The van der Waals surface area contributed by atoms with Crippen LogP contribution in [0.3, 0.4) is 0 Å². The van der Waals surface area contributed by atoms with Crippen molar-refractivity contribution in [1.29, 1.82) is 0 Å². The zero-order chi connectivity index (χ0) is 14.0. The van der Waals surface area contributed by atoms with Gasteiger partial charge in [-0.2, -0.15) is 0 Å². The molecule has 2 nitrogen and oxygen atoms in total. The van der Waals surface area contributed by atoms with E-state index in [0.717, 1.165) is 0 Å². The van der Waals surface area contributed by atoms with E-state index in [-0.39, 0.29) is 16.5 Å². The first-order valence-electron chi connectivity index (χ1n) is 5.60. The van der Waals surface area contributed by atoms with Crippen LogP contribution >= 0.6 is 12.2 Å². The molecule has 2 aromatic rings. The number of hydrogen-bond acceptors (Lipinski definition) is 2. The predicted octanol–water partition coefficient (Wildman–Crippen LogP) is 3.65. The maximum absolute atomic E-state index is 13.9. The maximum Gasteiger partial charge on any atom is 0.147 e. The molecule has 0 aliphatic rings. The van der Waals surface area contributed by atoms with Gasteiger partial charge in [0.25, 0.3) is 0 Å². The fourth-order valence-electron chi connectivity index (χ4n) is 1.66. The van der Waals surface area contributed by atoms with Crippen LogP contribution < -0.4 is 11.1 Å². The van der Waals surface area contributed by atoms with Crippen molar-refractivity contribution in [1.82, 2.24) is 0 Å². The SMILES string of the molecule is Cc1c(F)cccc1Nc1ccc(C(N)=S)cc1F. The lowest BCUT2D eigenvalue weighted by atomic mass is 10.1. The van der Waals surface area contributed by atoms with Crippen LogP contribution in [0, 0.1) is 18.6 Å². The number of rotatable bonds is 3. The van der Waals surface area contributed by atoms with Gasteiger partial charge in [0.15, 0.2) is 0 Å². The van der Waals surface area contributed by atoms with E-state index < -0.39 is 5.82 Å². The molecule has 0 unspecified atom stereocenters. The Hall–Kier alpha value is -2.01. The highest BCUT2D eigenvalue weighted by atomic mass is 32.1. The average molecular weight is 278 g/mol. The van der Waals surface area contributed by atoms with E-state index in [1.807, 2.05) is 0 Å². The molecule has 2 rings (SSSR count). The summed E-state index contributed by atoms with van der Waals surface area (Å²) >= 11 is 4.77. The summed E-state index contributed by atoms with van der Waals surface area (Å²) in [6.07, 6.45) is 0. The summed E-state index contributed by atoms with van der Waals surface area (Å²) in [7, 11) is 0. The molecule has 19 heavy (non-hydrogen) atoms. The van der Waals surface area contributed by atoms with Crippen LogP contribution in [-0.4, -0.2) is 4.99 Å². The Bertz CT molecular complexity index is 641. The molecule has 0 radical (unpaired) electrons. The highest BCUT2D eigenvalue weighted by Gasteiger charge is 2.08. The van der Waals surface area contributed by atoms with E-state index >= 15 is 0 Å². The van der Waals surface area contributed by atoms with Crippen molar-refractivity contribution in [2.75, 3.05) is 5.32 Å². The van der Waals surface area contributed by atoms with Crippen LogP contribution in [-0.2, 0) is 0 Å². The lowest BCUT2D eigenvalue weighted by molar-refractivity contribution is 0.618. The Morgan fingerprint density at radius 3 is 2.47 bits per heavy atom. The van der Waals surface area contributed by atoms with Gasteiger partial charge in [-0.05, 0) is 37.3 Å². The summed E-state index contributed by atoms with van der Waals surface area (Å²) in [5.41, 5.74) is 7.07. The maximum atomic E-state index is 13.9. The Balaban J connectivity index is 2.34. The Kier molecular flexibility index (Phi) is 3.76. The minimum atomic E-state index is -0.492. The Labute approximate surface area is 115 Å². The molecule has 0 aliphatic carbocycles. The van der Waals surface area contributed by atoms with Crippen LogP contribution in [0.25, 0.3) is 0 Å². The van der Waals surface area contributed by atoms with Crippen LogP contribution in [0.1, 0.15) is 11.1 Å². The molecule has 0 aromatic heterocycles. The third kappa shape index (κ3) is 2.88. The minimum Gasteiger partial charge on any atom is -0.389 e. The summed E-state index contributed by atoms with van der Waals surface area (Å²) in [5.74, 6) is -0.834. The molecule has 0 fully saturated rings. The molecule has 0 spiro atoms. The smallest absolute Gasteiger partial charge is 0.147 e. The molecule has 0 bridgehead atoms. The number of benzene rings is 2. The van der Waals surface area contributed by atoms with Crippen molar-refractivity contribution < 1.29 is 8.78 Å². The summed E-state index contributed by atoms with van der Waals surface area (Å²) < 4.78 is 27.2. The number of thiocarbonyl (C=S) groups is 1. The van der Waals surface area contributed by atoms with Gasteiger partial charge in [0, 0.05) is 16.8 Å². The lowest BCUT2D eigenvalue weighted by Gasteiger charge is -2.11.